The van der Waals surface area contributed by atoms with E-state index >= 15 is 0 Å². The largest absolute Gasteiger partial charge is 0.472 e. The zero-order valence-corrected chi connectivity index (χ0v) is 70.0. The van der Waals surface area contributed by atoms with Gasteiger partial charge in [0.1, 0.15) is 19.3 Å². The maximum atomic E-state index is 13.1. The SMILES string of the molecule is CC/C=C\C/C=C\C/C=C\C/C=C\C/C=C\CCCCCC(=O)OC[C@H](COP(=O)(O)OC[C@@H](O)COP(=O)(O)OC[C@@H](COC(=O)CCCCCCCCCCCCCCCCC)OC(=O)CC/C=C\C/C=C\C/C=C\C/C=C\C/C=C\CCCCC)OC(=O)CCCCCCCCCCCCCCCCC. The van der Waals surface area contributed by atoms with Crippen molar-refractivity contribution in [1.29, 1.82) is 0 Å². The van der Waals surface area contributed by atoms with E-state index in [0.29, 0.717) is 32.1 Å². The van der Waals surface area contributed by atoms with Crippen molar-refractivity contribution in [2.45, 2.75) is 380 Å². The molecule has 0 saturated carbocycles. The Morgan fingerprint density at radius 3 is 0.815 bits per heavy atom. The normalized spacial score (nSPS) is 14.4. The van der Waals surface area contributed by atoms with Gasteiger partial charge in [0.15, 0.2) is 12.2 Å². The van der Waals surface area contributed by atoms with Gasteiger partial charge >= 0.3 is 39.5 Å². The highest BCUT2D eigenvalue weighted by Gasteiger charge is 2.30. The number of aliphatic hydroxyl groups excluding tert-OH is 1. The van der Waals surface area contributed by atoms with Crippen molar-refractivity contribution < 1.29 is 80.2 Å². The maximum Gasteiger partial charge on any atom is 0.472 e. The average molecular weight is 1560 g/mol. The van der Waals surface area contributed by atoms with Gasteiger partial charge in [0.25, 0.3) is 0 Å². The second kappa shape index (κ2) is 80.5. The summed E-state index contributed by atoms with van der Waals surface area (Å²) in [6.07, 6.45) is 90.3. The Morgan fingerprint density at radius 2 is 0.500 bits per heavy atom. The van der Waals surface area contributed by atoms with E-state index in [4.69, 9.17) is 37.0 Å². The van der Waals surface area contributed by atoms with Crippen molar-refractivity contribution in [2.24, 2.45) is 0 Å². The van der Waals surface area contributed by atoms with Crippen molar-refractivity contribution in [2.75, 3.05) is 39.6 Å². The van der Waals surface area contributed by atoms with Crippen molar-refractivity contribution in [3.63, 3.8) is 0 Å². The van der Waals surface area contributed by atoms with Crippen LogP contribution < -0.4 is 0 Å². The van der Waals surface area contributed by atoms with E-state index < -0.39 is 97.5 Å². The first-order valence-electron chi connectivity index (χ1n) is 42.8. The van der Waals surface area contributed by atoms with Crippen LogP contribution in [-0.4, -0.2) is 96.7 Å². The molecule has 0 aromatic carbocycles. The van der Waals surface area contributed by atoms with Crippen LogP contribution in [0.25, 0.3) is 0 Å². The molecule has 0 saturated heterocycles. The lowest BCUT2D eigenvalue weighted by atomic mass is 10.0. The van der Waals surface area contributed by atoms with E-state index in [2.05, 4.69) is 131 Å². The standard InChI is InChI=1S/C89H154O17P2/c1-5-9-13-17-21-25-29-33-37-39-41-43-47-50-54-58-62-66-70-74-87(92)100-80-84(105-88(93)75-71-67-63-59-55-51-46-36-32-28-24-20-16-12-8-4)81-103-107(95,96)101-77-83(90)78-102-108(97,98)104-82-85(79-99-86(91)73-69-65-61-57-53-49-45-35-31-27-23-19-15-11-7-3)106-89(94)76-72-68-64-60-56-52-48-44-42-40-38-34-30-26-22-18-14-10-6-2/h9,13,21-22,25-26,33-34,37-38,41-44,50,52,54,56,64,68,83-85,90H,5-8,10-12,14-20,23-24,27-32,35-36,39-40,45-49,51,53,55,57-63,65-67,69-82H2,1-4H3,(H,95,96)(H,97,98)/b13-9-,25-21-,26-22-,37-33-,38-34-,43-41-,44-42-,54-50-,56-52-,68-64-/t83-,84-,85-/m1/s1. The van der Waals surface area contributed by atoms with Gasteiger partial charge in [-0.1, -0.05) is 348 Å². The quantitative estimate of drug-likeness (QED) is 0.0169. The molecule has 3 N–H and O–H groups in total. The third-order valence-electron chi connectivity index (χ3n) is 18.0. The highest BCUT2D eigenvalue weighted by Crippen LogP contribution is 2.45. The summed E-state index contributed by atoms with van der Waals surface area (Å²) in [5, 5.41) is 10.7. The molecule has 0 rings (SSSR count). The molecule has 622 valence electrons. The predicted octanol–water partition coefficient (Wildman–Crippen LogP) is 25.5. The van der Waals surface area contributed by atoms with Gasteiger partial charge < -0.3 is 33.8 Å². The van der Waals surface area contributed by atoms with Crippen molar-refractivity contribution >= 4 is 39.5 Å². The Morgan fingerprint density at radius 1 is 0.269 bits per heavy atom. The first-order valence-corrected chi connectivity index (χ1v) is 45.8. The van der Waals surface area contributed by atoms with Crippen LogP contribution in [0.2, 0.25) is 0 Å². The molecule has 19 heteroatoms. The molecule has 2 unspecified atom stereocenters. The number of hydrogen-bond donors (Lipinski definition) is 3. The second-order valence-electron chi connectivity index (χ2n) is 28.4. The highest BCUT2D eigenvalue weighted by molar-refractivity contribution is 7.47. The Hall–Kier alpha value is -4.54. The first-order chi connectivity index (χ1) is 52.7. The summed E-state index contributed by atoms with van der Waals surface area (Å²) in [5.41, 5.74) is 0. The lowest BCUT2D eigenvalue weighted by molar-refractivity contribution is -0.161. The molecule has 17 nitrogen and oxygen atoms in total. The minimum absolute atomic E-state index is 0.0280. The van der Waals surface area contributed by atoms with Crippen molar-refractivity contribution in [3.05, 3.63) is 122 Å². The van der Waals surface area contributed by atoms with E-state index in [-0.39, 0.29) is 25.7 Å². The third kappa shape index (κ3) is 79.5. The number of carbonyl (C=O) groups is 4. The van der Waals surface area contributed by atoms with Gasteiger partial charge in [0.2, 0.25) is 0 Å². The van der Waals surface area contributed by atoms with Gasteiger partial charge in [-0.05, 0) is 109 Å². The molecule has 5 atom stereocenters. The molecule has 0 bridgehead atoms. The first kappa shape index (κ1) is 103. The molecular formula is C89H154O17P2. The molecule has 0 fully saturated rings. The Bertz CT molecular complexity index is 2520. The Labute approximate surface area is 657 Å². The molecule has 0 aliphatic carbocycles. The van der Waals surface area contributed by atoms with Crippen LogP contribution in [0.1, 0.15) is 362 Å². The van der Waals surface area contributed by atoms with E-state index in [1.807, 2.05) is 18.2 Å². The smallest absolute Gasteiger partial charge is 0.462 e. The zero-order chi connectivity index (χ0) is 78.9. The van der Waals surface area contributed by atoms with Crippen molar-refractivity contribution in [1.82, 2.24) is 0 Å². The summed E-state index contributed by atoms with van der Waals surface area (Å²) in [5.74, 6) is -2.29. The van der Waals surface area contributed by atoms with E-state index in [1.165, 1.54) is 154 Å². The van der Waals surface area contributed by atoms with E-state index in [1.54, 1.807) is 0 Å². The number of ether oxygens (including phenoxy) is 4. The summed E-state index contributed by atoms with van der Waals surface area (Å²) in [7, 11) is -9.99. The number of esters is 4. The summed E-state index contributed by atoms with van der Waals surface area (Å²) in [6.45, 7) is 4.68. The summed E-state index contributed by atoms with van der Waals surface area (Å²) in [4.78, 5) is 73.2. The summed E-state index contributed by atoms with van der Waals surface area (Å²) < 4.78 is 68.7. The minimum Gasteiger partial charge on any atom is -0.462 e. The molecule has 108 heavy (non-hydrogen) atoms. The molecule has 0 amide bonds. The number of carbonyl (C=O) groups excluding carboxylic acids is 4. The fourth-order valence-electron chi connectivity index (χ4n) is 11.5. The molecule has 0 aliphatic heterocycles. The molecule has 0 aromatic heterocycles. The second-order valence-corrected chi connectivity index (χ2v) is 31.3. The number of hydrogen-bond acceptors (Lipinski definition) is 15. The van der Waals surface area contributed by atoms with E-state index in [9.17, 15) is 43.2 Å². The fraction of sp³-hybridized carbons (Fsp3) is 0.730. The van der Waals surface area contributed by atoms with Crippen molar-refractivity contribution in [3.8, 4) is 0 Å². The summed E-state index contributed by atoms with van der Waals surface area (Å²) >= 11 is 0. The molecule has 0 aromatic rings. The van der Waals surface area contributed by atoms with Crippen LogP contribution in [-0.2, 0) is 65.4 Å². The van der Waals surface area contributed by atoms with Gasteiger partial charge in [-0.15, -0.1) is 0 Å². The molecule has 0 heterocycles. The van der Waals surface area contributed by atoms with Gasteiger partial charge in [0.05, 0.1) is 26.4 Å². The van der Waals surface area contributed by atoms with Gasteiger partial charge in [0, 0.05) is 25.7 Å². The zero-order valence-electron chi connectivity index (χ0n) is 68.2. The van der Waals surface area contributed by atoms with Crippen LogP contribution in [0.5, 0.6) is 0 Å². The lowest BCUT2D eigenvalue weighted by Crippen LogP contribution is -2.30. The van der Waals surface area contributed by atoms with Crippen LogP contribution in [0, 0.1) is 0 Å². The van der Waals surface area contributed by atoms with Crippen LogP contribution in [0.3, 0.4) is 0 Å². The predicted molar refractivity (Wildman–Crippen MR) is 445 cm³/mol. The maximum absolute atomic E-state index is 13.1. The Kier molecular flexibility index (Phi) is 77.1. The minimum atomic E-state index is -5.00. The fourth-order valence-corrected chi connectivity index (χ4v) is 13.0. The number of phosphoric acid groups is 2. The molecular weight excluding hydrogens is 1400 g/mol. The van der Waals surface area contributed by atoms with Gasteiger partial charge in [-0.3, -0.25) is 37.3 Å². The molecule has 0 radical (unpaired) electrons. The van der Waals surface area contributed by atoms with Crippen LogP contribution >= 0.6 is 15.6 Å². The van der Waals surface area contributed by atoms with E-state index in [0.717, 1.165) is 122 Å². The summed E-state index contributed by atoms with van der Waals surface area (Å²) in [6, 6.07) is 0. The third-order valence-corrected chi connectivity index (χ3v) is 19.9. The topological polar surface area (TPSA) is 237 Å². The monoisotopic (exact) mass is 1560 g/mol. The Balaban J connectivity index is 5.45. The number of allylic oxidation sites excluding steroid dienone is 20. The van der Waals surface area contributed by atoms with Gasteiger partial charge in [-0.25, -0.2) is 9.13 Å². The number of rotatable bonds is 80. The number of aliphatic hydroxyl groups is 1. The molecule has 0 aliphatic rings. The highest BCUT2D eigenvalue weighted by atomic mass is 31.2. The number of phosphoric ester groups is 2. The van der Waals surface area contributed by atoms with Gasteiger partial charge in [-0.2, -0.15) is 0 Å². The average Bonchev–Trinajstić information content (AvgIpc) is 0.914. The van der Waals surface area contributed by atoms with Crippen LogP contribution in [0.4, 0.5) is 0 Å². The molecule has 0 spiro atoms. The van der Waals surface area contributed by atoms with Crippen LogP contribution in [0.15, 0.2) is 122 Å². The number of unbranched alkanes of at least 4 members (excludes halogenated alkanes) is 34. The lowest BCUT2D eigenvalue weighted by Gasteiger charge is -2.21.